The summed E-state index contributed by atoms with van der Waals surface area (Å²) in [4.78, 5) is 34.5. The summed E-state index contributed by atoms with van der Waals surface area (Å²) in [7, 11) is 3.76. The fraction of sp³-hybridized carbons (Fsp3) is 0.267. The highest BCUT2D eigenvalue weighted by Gasteiger charge is 2.14. The number of nitrogens with one attached hydrogen (secondary N) is 2. The van der Waals surface area contributed by atoms with Gasteiger partial charge >= 0.3 is 11.9 Å². The molecule has 0 heterocycles. The number of amides is 1. The van der Waals surface area contributed by atoms with E-state index in [-0.39, 0.29) is 23.2 Å². The monoisotopic (exact) mass is 356 g/mol. The van der Waals surface area contributed by atoms with Crippen LogP contribution in [0.15, 0.2) is 30.0 Å². The van der Waals surface area contributed by atoms with Gasteiger partial charge in [0.2, 0.25) is 5.91 Å². The molecule has 0 atom stereocenters. The molecular formula is C15H17ClN2O6. The number of esters is 2. The minimum atomic E-state index is -0.756. The summed E-state index contributed by atoms with van der Waals surface area (Å²) in [5.74, 6) is -1.84. The van der Waals surface area contributed by atoms with Crippen molar-refractivity contribution in [1.29, 1.82) is 0 Å². The van der Waals surface area contributed by atoms with Crippen LogP contribution in [0.3, 0.4) is 0 Å². The molecule has 1 amide bonds. The molecule has 0 bridgehead atoms. The highest BCUT2D eigenvalue weighted by Crippen LogP contribution is 2.26. The van der Waals surface area contributed by atoms with Gasteiger partial charge in [-0.15, -0.1) is 0 Å². The van der Waals surface area contributed by atoms with Crippen molar-refractivity contribution < 1.29 is 28.6 Å². The maximum absolute atomic E-state index is 11.7. The summed E-state index contributed by atoms with van der Waals surface area (Å²) in [6, 6.07) is 4.56. The first-order valence-corrected chi connectivity index (χ1v) is 7.02. The van der Waals surface area contributed by atoms with E-state index in [2.05, 4.69) is 20.1 Å². The average molecular weight is 357 g/mol. The van der Waals surface area contributed by atoms with Crippen molar-refractivity contribution >= 4 is 40.8 Å². The highest BCUT2D eigenvalue weighted by atomic mass is 35.5. The van der Waals surface area contributed by atoms with E-state index in [1.807, 2.05) is 0 Å². The zero-order valence-corrected chi connectivity index (χ0v) is 14.1. The summed E-state index contributed by atoms with van der Waals surface area (Å²) < 4.78 is 13.8. The lowest BCUT2D eigenvalue weighted by atomic mass is 10.2. The Bertz CT molecular complexity index is 659. The van der Waals surface area contributed by atoms with E-state index >= 15 is 0 Å². The van der Waals surface area contributed by atoms with Crippen molar-refractivity contribution in [3.63, 3.8) is 0 Å². The summed E-state index contributed by atoms with van der Waals surface area (Å²) in [6.45, 7) is -0.106. The summed E-state index contributed by atoms with van der Waals surface area (Å²) in [5, 5.41) is 5.50. The first kappa shape index (κ1) is 19.5. The van der Waals surface area contributed by atoms with Gasteiger partial charge in [-0.05, 0) is 18.2 Å². The smallest absolute Gasteiger partial charge is 0.354 e. The predicted octanol–water partition coefficient (Wildman–Crippen LogP) is 1.57. The Morgan fingerprint density at radius 1 is 1.12 bits per heavy atom. The van der Waals surface area contributed by atoms with Crippen molar-refractivity contribution in [2.24, 2.45) is 0 Å². The Morgan fingerprint density at radius 2 is 1.83 bits per heavy atom. The van der Waals surface area contributed by atoms with Crippen LogP contribution < -0.4 is 10.6 Å². The Kier molecular flexibility index (Phi) is 7.73. The molecule has 0 aliphatic heterocycles. The molecule has 9 heteroatoms. The Hall–Kier alpha value is -2.58. The molecule has 0 radical (unpaired) electrons. The lowest BCUT2D eigenvalue weighted by Gasteiger charge is -2.12. The molecule has 0 saturated heterocycles. The fourth-order valence-electron chi connectivity index (χ4n) is 1.60. The molecule has 1 rings (SSSR count). The third kappa shape index (κ3) is 5.90. The number of benzene rings is 1. The van der Waals surface area contributed by atoms with E-state index in [0.717, 1.165) is 6.08 Å². The van der Waals surface area contributed by atoms with Gasteiger partial charge in [-0.3, -0.25) is 4.79 Å². The predicted molar refractivity (Wildman–Crippen MR) is 87.7 cm³/mol. The first-order chi connectivity index (χ1) is 11.4. The van der Waals surface area contributed by atoms with Crippen LogP contribution in [0, 0.1) is 0 Å². The van der Waals surface area contributed by atoms with Crippen LogP contribution in [-0.4, -0.2) is 45.8 Å². The standard InChI is InChI=1S/C15H17ClN2O6/c1-22-8-13(19)18-11-5-4-9(6-10(11)16)17-12(15(21)24-3)7-14(20)23-2/h4-7,17H,8H2,1-3H3,(H,18,19)/b12-7+. The molecule has 24 heavy (non-hydrogen) atoms. The quantitative estimate of drug-likeness (QED) is 0.564. The SMILES string of the molecule is COCC(=O)Nc1ccc(N/C(=C/C(=O)OC)C(=O)OC)cc1Cl. The van der Waals surface area contributed by atoms with Gasteiger partial charge in [0.05, 0.1) is 31.0 Å². The van der Waals surface area contributed by atoms with Gasteiger partial charge in [-0.1, -0.05) is 11.6 Å². The second kappa shape index (κ2) is 9.53. The molecular weight excluding hydrogens is 340 g/mol. The molecule has 1 aromatic carbocycles. The molecule has 2 N–H and O–H groups in total. The van der Waals surface area contributed by atoms with Gasteiger partial charge in [0.25, 0.3) is 0 Å². The fourth-order valence-corrected chi connectivity index (χ4v) is 1.83. The van der Waals surface area contributed by atoms with Crippen LogP contribution in [0.2, 0.25) is 5.02 Å². The molecule has 0 aromatic heterocycles. The van der Waals surface area contributed by atoms with Crippen LogP contribution in [0.25, 0.3) is 0 Å². The summed E-state index contributed by atoms with van der Waals surface area (Å²) in [5.41, 5.74) is 0.655. The number of ether oxygens (including phenoxy) is 3. The van der Waals surface area contributed by atoms with E-state index in [9.17, 15) is 14.4 Å². The number of carbonyl (C=O) groups is 3. The normalized spacial score (nSPS) is 10.8. The third-order valence-electron chi connectivity index (χ3n) is 2.67. The second-order valence-electron chi connectivity index (χ2n) is 4.37. The average Bonchev–Trinajstić information content (AvgIpc) is 2.56. The van der Waals surface area contributed by atoms with E-state index in [1.165, 1.54) is 33.5 Å². The minimum absolute atomic E-state index is 0.106. The zero-order chi connectivity index (χ0) is 18.1. The maximum Gasteiger partial charge on any atom is 0.354 e. The van der Waals surface area contributed by atoms with Crippen molar-refractivity contribution in [2.75, 3.05) is 38.6 Å². The number of anilines is 2. The molecule has 0 fully saturated rings. The minimum Gasteiger partial charge on any atom is -0.466 e. The van der Waals surface area contributed by atoms with Crippen molar-refractivity contribution in [3.05, 3.63) is 35.0 Å². The van der Waals surface area contributed by atoms with Gasteiger partial charge < -0.3 is 24.8 Å². The number of hydrogen-bond acceptors (Lipinski definition) is 7. The highest BCUT2D eigenvalue weighted by molar-refractivity contribution is 6.34. The van der Waals surface area contributed by atoms with Crippen LogP contribution in [0.1, 0.15) is 0 Å². The van der Waals surface area contributed by atoms with Crippen LogP contribution >= 0.6 is 11.6 Å². The maximum atomic E-state index is 11.7. The number of methoxy groups -OCH3 is 3. The van der Waals surface area contributed by atoms with Gasteiger partial charge in [0, 0.05) is 12.8 Å². The summed E-state index contributed by atoms with van der Waals surface area (Å²) >= 11 is 6.08. The van der Waals surface area contributed by atoms with Gasteiger partial charge in [0.15, 0.2) is 0 Å². The lowest BCUT2D eigenvalue weighted by molar-refractivity contribution is -0.138. The van der Waals surface area contributed by atoms with Gasteiger partial charge in [0.1, 0.15) is 12.3 Å². The largest absolute Gasteiger partial charge is 0.466 e. The van der Waals surface area contributed by atoms with Crippen LogP contribution in [0.5, 0.6) is 0 Å². The van der Waals surface area contributed by atoms with E-state index in [4.69, 9.17) is 16.3 Å². The van der Waals surface area contributed by atoms with Crippen LogP contribution in [0.4, 0.5) is 11.4 Å². The Morgan fingerprint density at radius 3 is 2.38 bits per heavy atom. The molecule has 1 aromatic rings. The zero-order valence-electron chi connectivity index (χ0n) is 13.3. The number of carbonyl (C=O) groups excluding carboxylic acids is 3. The Labute approximate surface area is 143 Å². The molecule has 0 saturated carbocycles. The molecule has 0 unspecified atom stereocenters. The van der Waals surface area contributed by atoms with Crippen molar-refractivity contribution in [3.8, 4) is 0 Å². The second-order valence-corrected chi connectivity index (χ2v) is 4.78. The third-order valence-corrected chi connectivity index (χ3v) is 2.98. The molecule has 8 nitrogen and oxygen atoms in total. The lowest BCUT2D eigenvalue weighted by Crippen LogP contribution is -2.17. The topological polar surface area (TPSA) is 103 Å². The van der Waals surface area contributed by atoms with Crippen LogP contribution in [-0.2, 0) is 28.6 Å². The molecule has 0 spiro atoms. The first-order valence-electron chi connectivity index (χ1n) is 6.64. The van der Waals surface area contributed by atoms with E-state index in [1.54, 1.807) is 6.07 Å². The van der Waals surface area contributed by atoms with Crippen molar-refractivity contribution in [2.45, 2.75) is 0 Å². The molecule has 130 valence electrons. The number of halogens is 1. The number of hydrogen-bond donors (Lipinski definition) is 2. The van der Waals surface area contributed by atoms with Gasteiger partial charge in [-0.2, -0.15) is 0 Å². The van der Waals surface area contributed by atoms with Gasteiger partial charge in [-0.25, -0.2) is 9.59 Å². The van der Waals surface area contributed by atoms with Crippen molar-refractivity contribution in [1.82, 2.24) is 0 Å². The molecule has 0 aliphatic rings. The Balaban J connectivity index is 2.95. The van der Waals surface area contributed by atoms with E-state index in [0.29, 0.717) is 11.4 Å². The number of rotatable bonds is 7. The molecule has 0 aliphatic carbocycles. The summed E-state index contributed by atoms with van der Waals surface area (Å²) in [6.07, 6.45) is 0.952. The van der Waals surface area contributed by atoms with E-state index < -0.39 is 11.9 Å².